The van der Waals surface area contributed by atoms with Crippen LogP contribution in [0.2, 0.25) is 0 Å². The van der Waals surface area contributed by atoms with Gasteiger partial charge in [0.05, 0.1) is 5.69 Å². The predicted octanol–water partition coefficient (Wildman–Crippen LogP) is 5.94. The lowest BCUT2D eigenvalue weighted by Crippen LogP contribution is -2.34. The molecule has 0 atom stereocenters. The van der Waals surface area contributed by atoms with Crippen molar-refractivity contribution in [3.05, 3.63) is 97.1 Å². The van der Waals surface area contributed by atoms with Crippen LogP contribution in [0.25, 0.3) is 21.9 Å². The van der Waals surface area contributed by atoms with Crippen LogP contribution in [0.15, 0.2) is 97.1 Å². The Morgan fingerprint density at radius 1 is 0.759 bits per heavy atom. The van der Waals surface area contributed by atoms with Crippen LogP contribution in [0.4, 0.5) is 5.69 Å². The van der Waals surface area contributed by atoms with Crippen LogP contribution in [0.1, 0.15) is 6.92 Å². The monoisotopic (exact) mass is 381 g/mol. The molecule has 144 valence electrons. The predicted molar refractivity (Wildman–Crippen MR) is 119 cm³/mol. The zero-order valence-electron chi connectivity index (χ0n) is 16.4. The van der Waals surface area contributed by atoms with Crippen molar-refractivity contribution < 1.29 is 9.53 Å². The Kier molecular flexibility index (Phi) is 5.57. The third-order valence-corrected chi connectivity index (χ3v) is 5.00. The Bertz CT molecular complexity index is 1100. The summed E-state index contributed by atoms with van der Waals surface area (Å²) in [5.74, 6) is 0.628. The van der Waals surface area contributed by atoms with E-state index in [-0.39, 0.29) is 12.5 Å². The number of nitrogens with zero attached hydrogens (tertiary/aromatic N) is 1. The second-order valence-electron chi connectivity index (χ2n) is 6.82. The van der Waals surface area contributed by atoms with E-state index in [1.165, 1.54) is 0 Å². The van der Waals surface area contributed by atoms with Gasteiger partial charge in [0, 0.05) is 11.9 Å². The standard InChI is InChI=1S/C26H23NO2/c1-2-27(25-14-8-12-22-11-6-7-13-24(22)25)26(28)19-29-23-17-15-21(16-18-23)20-9-4-3-5-10-20/h3-18H,2,19H2,1H3. The molecule has 0 N–H and O–H groups in total. The van der Waals surface area contributed by atoms with Crippen molar-refractivity contribution in [2.45, 2.75) is 6.92 Å². The van der Waals surface area contributed by atoms with Crippen molar-refractivity contribution in [3.8, 4) is 16.9 Å². The summed E-state index contributed by atoms with van der Waals surface area (Å²) >= 11 is 0. The van der Waals surface area contributed by atoms with Crippen molar-refractivity contribution in [2.24, 2.45) is 0 Å². The van der Waals surface area contributed by atoms with Gasteiger partial charge in [0.1, 0.15) is 5.75 Å². The first-order valence-electron chi connectivity index (χ1n) is 9.82. The smallest absolute Gasteiger partial charge is 0.264 e. The Hall–Kier alpha value is -3.59. The topological polar surface area (TPSA) is 29.5 Å². The molecule has 0 saturated heterocycles. The summed E-state index contributed by atoms with van der Waals surface area (Å²) in [6.07, 6.45) is 0. The molecule has 0 fully saturated rings. The highest BCUT2D eigenvalue weighted by molar-refractivity contribution is 6.04. The first kappa shape index (κ1) is 18.8. The maximum atomic E-state index is 12.9. The second kappa shape index (κ2) is 8.61. The van der Waals surface area contributed by atoms with Crippen molar-refractivity contribution in [2.75, 3.05) is 18.1 Å². The molecule has 3 nitrogen and oxygen atoms in total. The van der Waals surface area contributed by atoms with Gasteiger partial charge in [0.15, 0.2) is 6.61 Å². The van der Waals surface area contributed by atoms with E-state index in [9.17, 15) is 4.79 Å². The second-order valence-corrected chi connectivity index (χ2v) is 6.82. The van der Waals surface area contributed by atoms with E-state index in [1.54, 1.807) is 4.90 Å². The Morgan fingerprint density at radius 2 is 1.41 bits per heavy atom. The van der Waals surface area contributed by atoms with Gasteiger partial charge in [-0.15, -0.1) is 0 Å². The molecule has 0 saturated carbocycles. The average molecular weight is 381 g/mol. The van der Waals surface area contributed by atoms with Gasteiger partial charge < -0.3 is 9.64 Å². The molecule has 4 aromatic carbocycles. The lowest BCUT2D eigenvalue weighted by atomic mass is 10.1. The number of amides is 1. The molecule has 0 bridgehead atoms. The summed E-state index contributed by atoms with van der Waals surface area (Å²) in [4.78, 5) is 14.7. The summed E-state index contributed by atoms with van der Waals surface area (Å²) in [6, 6.07) is 32.1. The van der Waals surface area contributed by atoms with E-state index in [2.05, 4.69) is 24.3 Å². The minimum atomic E-state index is -0.0593. The normalized spacial score (nSPS) is 10.7. The molecule has 3 heteroatoms. The molecule has 1 amide bonds. The number of rotatable bonds is 6. The maximum Gasteiger partial charge on any atom is 0.264 e. The highest BCUT2D eigenvalue weighted by Crippen LogP contribution is 2.27. The Morgan fingerprint density at radius 3 is 2.17 bits per heavy atom. The van der Waals surface area contributed by atoms with Crippen LogP contribution in [-0.2, 0) is 4.79 Å². The number of benzene rings is 4. The van der Waals surface area contributed by atoms with E-state index in [0.29, 0.717) is 12.3 Å². The third kappa shape index (κ3) is 4.14. The summed E-state index contributed by atoms with van der Waals surface area (Å²) in [5.41, 5.74) is 3.19. The largest absolute Gasteiger partial charge is 0.484 e. The summed E-state index contributed by atoms with van der Waals surface area (Å²) in [6.45, 7) is 2.57. The molecular formula is C26H23NO2. The van der Waals surface area contributed by atoms with E-state index < -0.39 is 0 Å². The van der Waals surface area contributed by atoms with Gasteiger partial charge in [-0.1, -0.05) is 78.9 Å². The highest BCUT2D eigenvalue weighted by atomic mass is 16.5. The Labute approximate surface area is 171 Å². The van der Waals surface area contributed by atoms with Crippen molar-refractivity contribution in [1.29, 1.82) is 0 Å². The molecular weight excluding hydrogens is 358 g/mol. The molecule has 0 heterocycles. The SMILES string of the molecule is CCN(C(=O)COc1ccc(-c2ccccc2)cc1)c1cccc2ccccc12. The zero-order valence-corrected chi connectivity index (χ0v) is 16.4. The first-order chi connectivity index (χ1) is 14.3. The zero-order chi connectivity index (χ0) is 20.1. The number of fused-ring (bicyclic) bond motifs is 1. The molecule has 29 heavy (non-hydrogen) atoms. The quantitative estimate of drug-likeness (QED) is 0.414. The number of anilines is 1. The number of carbonyl (C=O) groups excluding carboxylic acids is 1. The number of carbonyl (C=O) groups is 1. The maximum absolute atomic E-state index is 12.9. The number of hydrogen-bond acceptors (Lipinski definition) is 2. The van der Waals surface area contributed by atoms with E-state index >= 15 is 0 Å². The van der Waals surface area contributed by atoms with Crippen molar-refractivity contribution in [1.82, 2.24) is 0 Å². The van der Waals surface area contributed by atoms with Crippen LogP contribution < -0.4 is 9.64 Å². The van der Waals surface area contributed by atoms with Gasteiger partial charge in [0.25, 0.3) is 5.91 Å². The first-order valence-corrected chi connectivity index (χ1v) is 9.82. The van der Waals surface area contributed by atoms with E-state index in [0.717, 1.165) is 27.6 Å². The van der Waals surface area contributed by atoms with Crippen molar-refractivity contribution >= 4 is 22.4 Å². The van der Waals surface area contributed by atoms with Crippen LogP contribution in [0.5, 0.6) is 5.75 Å². The average Bonchev–Trinajstić information content (AvgIpc) is 2.79. The van der Waals surface area contributed by atoms with E-state index in [1.807, 2.05) is 79.7 Å². The number of ether oxygens (including phenoxy) is 1. The summed E-state index contributed by atoms with van der Waals surface area (Å²) in [7, 11) is 0. The van der Waals surface area contributed by atoms with Gasteiger partial charge >= 0.3 is 0 Å². The minimum absolute atomic E-state index is 0.00173. The van der Waals surface area contributed by atoms with Crippen LogP contribution in [-0.4, -0.2) is 19.1 Å². The summed E-state index contributed by atoms with van der Waals surface area (Å²) in [5, 5.41) is 2.19. The van der Waals surface area contributed by atoms with Crippen LogP contribution in [0, 0.1) is 0 Å². The molecule has 4 aromatic rings. The molecule has 4 rings (SSSR count). The molecule has 0 radical (unpaired) electrons. The van der Waals surface area contributed by atoms with Gasteiger partial charge in [-0.3, -0.25) is 4.79 Å². The van der Waals surface area contributed by atoms with Crippen molar-refractivity contribution in [3.63, 3.8) is 0 Å². The van der Waals surface area contributed by atoms with Crippen LogP contribution >= 0.6 is 0 Å². The van der Waals surface area contributed by atoms with Gasteiger partial charge in [0.2, 0.25) is 0 Å². The molecule has 0 aromatic heterocycles. The lowest BCUT2D eigenvalue weighted by molar-refractivity contribution is -0.120. The number of likely N-dealkylation sites (N-methyl/N-ethyl adjacent to an activating group) is 1. The number of hydrogen-bond donors (Lipinski definition) is 0. The molecule has 0 aliphatic carbocycles. The summed E-state index contributed by atoms with van der Waals surface area (Å²) < 4.78 is 5.78. The van der Waals surface area contributed by atoms with Gasteiger partial charge in [-0.05, 0) is 41.6 Å². The lowest BCUT2D eigenvalue weighted by Gasteiger charge is -2.23. The van der Waals surface area contributed by atoms with Crippen LogP contribution in [0.3, 0.4) is 0 Å². The Balaban J connectivity index is 1.47. The molecule has 0 aliphatic heterocycles. The fourth-order valence-corrected chi connectivity index (χ4v) is 3.52. The molecule has 0 aliphatic rings. The molecule has 0 spiro atoms. The van der Waals surface area contributed by atoms with E-state index in [4.69, 9.17) is 4.74 Å². The fourth-order valence-electron chi connectivity index (χ4n) is 3.52. The minimum Gasteiger partial charge on any atom is -0.484 e. The molecule has 0 unspecified atom stereocenters. The third-order valence-electron chi connectivity index (χ3n) is 5.00. The van der Waals surface area contributed by atoms with Gasteiger partial charge in [-0.2, -0.15) is 0 Å². The highest BCUT2D eigenvalue weighted by Gasteiger charge is 2.16. The fraction of sp³-hybridized carbons (Fsp3) is 0.115. The van der Waals surface area contributed by atoms with Gasteiger partial charge in [-0.25, -0.2) is 0 Å².